The molecule has 5 nitrogen and oxygen atoms in total. The molecule has 0 bridgehead atoms. The fraction of sp³-hybridized carbons (Fsp3) is 0.417. The van der Waals surface area contributed by atoms with E-state index in [2.05, 4.69) is 21.9 Å². The fourth-order valence-electron chi connectivity index (χ4n) is 1.61. The molecule has 2 heterocycles. The van der Waals surface area contributed by atoms with E-state index < -0.39 is 0 Å². The number of aromatic nitrogens is 4. The maximum absolute atomic E-state index is 5.92. The number of nitrogens with zero attached hydrogens (tertiary/aromatic N) is 4. The van der Waals surface area contributed by atoms with Crippen LogP contribution in [-0.2, 0) is 13.5 Å². The molecule has 5 heteroatoms. The molecular weight excluding hydrogens is 214 g/mol. The van der Waals surface area contributed by atoms with Crippen molar-refractivity contribution in [2.24, 2.45) is 12.8 Å². The number of aryl methyl sites for hydroxylation is 1. The molecule has 0 spiro atoms. The Bertz CT molecular complexity index is 491. The second-order valence-corrected chi connectivity index (χ2v) is 4.11. The van der Waals surface area contributed by atoms with Crippen LogP contribution in [0.15, 0.2) is 24.7 Å². The summed E-state index contributed by atoms with van der Waals surface area (Å²) < 4.78 is 1.90. The first-order chi connectivity index (χ1) is 8.20. The quantitative estimate of drug-likeness (QED) is 0.857. The predicted octanol–water partition coefficient (Wildman–Crippen LogP) is 1.16. The minimum Gasteiger partial charge on any atom is -0.331 e. The first-order valence-corrected chi connectivity index (χ1v) is 5.76. The largest absolute Gasteiger partial charge is 0.331 e. The number of rotatable bonds is 4. The third-order valence-corrected chi connectivity index (χ3v) is 2.73. The topological polar surface area (TPSA) is 69.6 Å². The molecular formula is C12H17N5. The molecule has 0 aliphatic heterocycles. The molecule has 0 radical (unpaired) electrons. The molecule has 0 saturated heterocycles. The van der Waals surface area contributed by atoms with E-state index in [0.717, 1.165) is 24.4 Å². The van der Waals surface area contributed by atoms with Crippen molar-refractivity contribution in [3.8, 4) is 11.6 Å². The summed E-state index contributed by atoms with van der Waals surface area (Å²) in [6, 6.07) is 2.06. The van der Waals surface area contributed by atoms with Crippen molar-refractivity contribution in [3.05, 3.63) is 30.4 Å². The number of hydrogen-bond acceptors (Lipinski definition) is 4. The third-order valence-electron chi connectivity index (χ3n) is 2.73. The Morgan fingerprint density at radius 2 is 2.18 bits per heavy atom. The van der Waals surface area contributed by atoms with Gasteiger partial charge in [0.05, 0.1) is 0 Å². The summed E-state index contributed by atoms with van der Waals surface area (Å²) in [5.74, 6) is 1.43. The summed E-state index contributed by atoms with van der Waals surface area (Å²) in [5, 5.41) is 0. The van der Waals surface area contributed by atoms with Crippen molar-refractivity contribution >= 4 is 0 Å². The van der Waals surface area contributed by atoms with Gasteiger partial charge in [-0.1, -0.05) is 6.92 Å². The van der Waals surface area contributed by atoms with E-state index in [4.69, 9.17) is 5.73 Å². The molecule has 0 saturated carbocycles. The molecule has 0 amide bonds. The summed E-state index contributed by atoms with van der Waals surface area (Å²) in [6.45, 7) is 2.07. The lowest BCUT2D eigenvalue weighted by Crippen LogP contribution is -2.22. The van der Waals surface area contributed by atoms with Gasteiger partial charge in [0.1, 0.15) is 0 Å². The van der Waals surface area contributed by atoms with Gasteiger partial charge in [0.25, 0.3) is 0 Å². The summed E-state index contributed by atoms with van der Waals surface area (Å²) in [5.41, 5.74) is 6.89. The zero-order valence-corrected chi connectivity index (χ0v) is 10.2. The Morgan fingerprint density at radius 1 is 1.35 bits per heavy atom. The van der Waals surface area contributed by atoms with Crippen molar-refractivity contribution < 1.29 is 0 Å². The molecule has 2 aromatic heterocycles. The number of nitrogens with two attached hydrogens (primary N) is 1. The number of hydrogen-bond donors (Lipinski definition) is 1. The van der Waals surface area contributed by atoms with Crippen molar-refractivity contribution in [3.63, 3.8) is 0 Å². The van der Waals surface area contributed by atoms with Gasteiger partial charge in [0.15, 0.2) is 11.6 Å². The van der Waals surface area contributed by atoms with Crippen LogP contribution >= 0.6 is 0 Å². The SMILES string of the molecule is CCC(N)Cc1ccnc(-c2nccn2C)n1. The van der Waals surface area contributed by atoms with Crippen molar-refractivity contribution in [2.75, 3.05) is 0 Å². The fourth-order valence-corrected chi connectivity index (χ4v) is 1.61. The van der Waals surface area contributed by atoms with E-state index in [0.29, 0.717) is 5.82 Å². The maximum Gasteiger partial charge on any atom is 0.196 e. The van der Waals surface area contributed by atoms with Gasteiger partial charge in [0.2, 0.25) is 0 Å². The second-order valence-electron chi connectivity index (χ2n) is 4.11. The smallest absolute Gasteiger partial charge is 0.196 e. The van der Waals surface area contributed by atoms with Gasteiger partial charge in [0, 0.05) is 43.8 Å². The molecule has 0 fully saturated rings. The van der Waals surface area contributed by atoms with Crippen LogP contribution in [0.25, 0.3) is 11.6 Å². The Balaban J connectivity index is 2.26. The van der Waals surface area contributed by atoms with Gasteiger partial charge in [-0.25, -0.2) is 15.0 Å². The lowest BCUT2D eigenvalue weighted by molar-refractivity contribution is 0.636. The van der Waals surface area contributed by atoms with Crippen LogP contribution in [0.3, 0.4) is 0 Å². The average molecular weight is 231 g/mol. The van der Waals surface area contributed by atoms with Gasteiger partial charge in [-0.3, -0.25) is 0 Å². The molecule has 1 atom stereocenters. The van der Waals surface area contributed by atoms with Crippen molar-refractivity contribution in [1.29, 1.82) is 0 Å². The third kappa shape index (κ3) is 2.68. The van der Waals surface area contributed by atoms with Gasteiger partial charge < -0.3 is 10.3 Å². The minimum atomic E-state index is 0.152. The van der Waals surface area contributed by atoms with E-state index in [1.165, 1.54) is 0 Å². The zero-order chi connectivity index (χ0) is 12.3. The molecule has 17 heavy (non-hydrogen) atoms. The standard InChI is InChI=1S/C12H17N5/c1-3-9(13)8-10-4-5-14-11(16-10)12-15-6-7-17(12)2/h4-7,9H,3,8,13H2,1-2H3. The van der Waals surface area contributed by atoms with E-state index in [-0.39, 0.29) is 6.04 Å². The lowest BCUT2D eigenvalue weighted by atomic mass is 10.1. The molecule has 1 unspecified atom stereocenters. The second kappa shape index (κ2) is 5.05. The summed E-state index contributed by atoms with van der Waals surface area (Å²) in [7, 11) is 1.93. The lowest BCUT2D eigenvalue weighted by Gasteiger charge is -2.08. The number of imidazole rings is 1. The summed E-state index contributed by atoms with van der Waals surface area (Å²) in [4.78, 5) is 13.0. The Hall–Kier alpha value is -1.75. The van der Waals surface area contributed by atoms with E-state index >= 15 is 0 Å². The minimum absolute atomic E-state index is 0.152. The first kappa shape index (κ1) is 11.7. The molecule has 0 aliphatic rings. The Kier molecular flexibility index (Phi) is 3.49. The molecule has 2 rings (SSSR count). The van der Waals surface area contributed by atoms with Crippen LogP contribution in [0.1, 0.15) is 19.0 Å². The van der Waals surface area contributed by atoms with E-state index in [9.17, 15) is 0 Å². The van der Waals surface area contributed by atoms with E-state index in [1.807, 2.05) is 23.9 Å². The van der Waals surface area contributed by atoms with Crippen LogP contribution in [-0.4, -0.2) is 25.6 Å². The zero-order valence-electron chi connectivity index (χ0n) is 10.2. The van der Waals surface area contributed by atoms with Crippen molar-refractivity contribution in [2.45, 2.75) is 25.8 Å². The summed E-state index contributed by atoms with van der Waals surface area (Å²) in [6.07, 6.45) is 7.10. The highest BCUT2D eigenvalue weighted by Gasteiger charge is 2.09. The molecule has 0 aromatic carbocycles. The normalized spacial score (nSPS) is 12.6. The maximum atomic E-state index is 5.92. The summed E-state index contributed by atoms with van der Waals surface area (Å²) >= 11 is 0. The predicted molar refractivity (Wildman–Crippen MR) is 66.2 cm³/mol. The van der Waals surface area contributed by atoms with Crippen LogP contribution in [0.5, 0.6) is 0 Å². The van der Waals surface area contributed by atoms with Crippen LogP contribution in [0, 0.1) is 0 Å². The van der Waals surface area contributed by atoms with Crippen LogP contribution < -0.4 is 5.73 Å². The van der Waals surface area contributed by atoms with Gasteiger partial charge in [-0.05, 0) is 12.5 Å². The molecule has 2 aromatic rings. The first-order valence-electron chi connectivity index (χ1n) is 5.76. The highest BCUT2D eigenvalue weighted by Crippen LogP contribution is 2.11. The highest BCUT2D eigenvalue weighted by atomic mass is 15.1. The van der Waals surface area contributed by atoms with E-state index in [1.54, 1.807) is 12.4 Å². The molecule has 90 valence electrons. The van der Waals surface area contributed by atoms with Gasteiger partial charge in [-0.2, -0.15) is 0 Å². The Morgan fingerprint density at radius 3 is 2.82 bits per heavy atom. The van der Waals surface area contributed by atoms with Gasteiger partial charge in [-0.15, -0.1) is 0 Å². The highest BCUT2D eigenvalue weighted by molar-refractivity contribution is 5.43. The van der Waals surface area contributed by atoms with Crippen LogP contribution in [0.2, 0.25) is 0 Å². The monoisotopic (exact) mass is 231 g/mol. The molecule has 0 aliphatic carbocycles. The molecule has 2 N–H and O–H groups in total. The Labute approximate surface area is 101 Å². The van der Waals surface area contributed by atoms with Gasteiger partial charge >= 0.3 is 0 Å². The average Bonchev–Trinajstić information content (AvgIpc) is 2.75. The van der Waals surface area contributed by atoms with Crippen molar-refractivity contribution in [1.82, 2.24) is 19.5 Å². The van der Waals surface area contributed by atoms with Crippen LogP contribution in [0.4, 0.5) is 0 Å².